The first-order chi connectivity index (χ1) is 28.1. The van der Waals surface area contributed by atoms with Gasteiger partial charge in [0.2, 0.25) is 0 Å². The average molecular weight is 735 g/mol. The van der Waals surface area contributed by atoms with Crippen molar-refractivity contribution in [2.45, 2.75) is 6.92 Å². The monoisotopic (exact) mass is 734 g/mol. The standard InChI is InChI=1S/C51H34N4O2/c1-3-25-52-31-32(2)35-26-36(39-22-14-23-41-44-30-46-43(29-47(44)57-48(39)41)40-20-12-13-24-45(40)56-46)28-37(27-35)50-53-49(34-17-8-5-9-18-34)54-51(55-50)42-21-11-10-19-38(42)33-15-6-4-7-16-33/h3-31H,1H2,2H3/b32-31+,52-25?. The smallest absolute Gasteiger partial charge is 0.164 e. The molecule has 6 nitrogen and oxygen atoms in total. The normalized spacial score (nSPS) is 12.1. The molecule has 0 spiro atoms. The van der Waals surface area contributed by atoms with Gasteiger partial charge in [-0.3, -0.25) is 4.99 Å². The van der Waals surface area contributed by atoms with Gasteiger partial charge in [0, 0.05) is 56.2 Å². The second-order valence-corrected chi connectivity index (χ2v) is 14.0. The minimum atomic E-state index is 0.552. The van der Waals surface area contributed by atoms with E-state index in [1.54, 1.807) is 12.3 Å². The summed E-state index contributed by atoms with van der Waals surface area (Å²) in [5.74, 6) is 1.73. The Morgan fingerprint density at radius 1 is 0.491 bits per heavy atom. The molecule has 270 valence electrons. The van der Waals surface area contributed by atoms with Crippen LogP contribution in [0.1, 0.15) is 12.5 Å². The Labute approximate surface area is 328 Å². The van der Waals surface area contributed by atoms with Crippen molar-refractivity contribution in [1.82, 2.24) is 15.0 Å². The van der Waals surface area contributed by atoms with Crippen LogP contribution in [0.5, 0.6) is 0 Å². The quantitative estimate of drug-likeness (QED) is 0.145. The Morgan fingerprint density at radius 2 is 1.09 bits per heavy atom. The fourth-order valence-corrected chi connectivity index (χ4v) is 7.56. The van der Waals surface area contributed by atoms with Gasteiger partial charge in [-0.1, -0.05) is 134 Å². The van der Waals surface area contributed by atoms with E-state index in [2.05, 4.69) is 97.4 Å². The number of para-hydroxylation sites is 2. The zero-order chi connectivity index (χ0) is 38.3. The Hall–Kier alpha value is -7.70. The summed E-state index contributed by atoms with van der Waals surface area (Å²) in [5.41, 5.74) is 11.9. The highest BCUT2D eigenvalue weighted by molar-refractivity contribution is 6.16. The summed E-state index contributed by atoms with van der Waals surface area (Å²) < 4.78 is 13.0. The van der Waals surface area contributed by atoms with E-state index < -0.39 is 0 Å². The average Bonchev–Trinajstić information content (AvgIpc) is 3.83. The number of hydrogen-bond acceptors (Lipinski definition) is 6. The number of aliphatic imine (C=N–C) groups is 1. The molecule has 10 rings (SSSR count). The first-order valence-corrected chi connectivity index (χ1v) is 18.8. The second kappa shape index (κ2) is 14.2. The van der Waals surface area contributed by atoms with Crippen LogP contribution in [0.15, 0.2) is 190 Å². The van der Waals surface area contributed by atoms with Gasteiger partial charge >= 0.3 is 0 Å². The minimum Gasteiger partial charge on any atom is -0.456 e. The number of rotatable bonds is 8. The Bertz CT molecular complexity index is 3210. The Kier molecular flexibility index (Phi) is 8.42. The Balaban J connectivity index is 1.20. The Morgan fingerprint density at radius 3 is 1.88 bits per heavy atom. The van der Waals surface area contributed by atoms with Crippen molar-refractivity contribution in [2.75, 3.05) is 0 Å². The molecule has 0 N–H and O–H groups in total. The summed E-state index contributed by atoms with van der Waals surface area (Å²) in [6.45, 7) is 5.84. The number of aromatic nitrogens is 3. The minimum absolute atomic E-state index is 0.552. The third kappa shape index (κ3) is 6.19. The molecule has 3 aromatic heterocycles. The predicted molar refractivity (Wildman–Crippen MR) is 234 cm³/mol. The van der Waals surface area contributed by atoms with E-state index in [-0.39, 0.29) is 0 Å². The summed E-state index contributed by atoms with van der Waals surface area (Å²) >= 11 is 0. The molecular formula is C51H34N4O2. The molecule has 6 heteroatoms. The maximum atomic E-state index is 6.77. The van der Waals surface area contributed by atoms with Crippen LogP contribution in [0, 0.1) is 0 Å². The zero-order valence-electron chi connectivity index (χ0n) is 31.1. The van der Waals surface area contributed by atoms with Crippen molar-refractivity contribution in [1.29, 1.82) is 0 Å². The molecule has 0 saturated heterocycles. The van der Waals surface area contributed by atoms with E-state index in [1.165, 1.54) is 0 Å². The first-order valence-electron chi connectivity index (χ1n) is 18.8. The van der Waals surface area contributed by atoms with Gasteiger partial charge < -0.3 is 8.83 Å². The van der Waals surface area contributed by atoms with Gasteiger partial charge in [-0.25, -0.2) is 15.0 Å². The van der Waals surface area contributed by atoms with Crippen LogP contribution in [-0.4, -0.2) is 21.2 Å². The zero-order valence-corrected chi connectivity index (χ0v) is 31.1. The molecule has 57 heavy (non-hydrogen) atoms. The molecule has 0 radical (unpaired) electrons. The fraction of sp³-hybridized carbons (Fsp3) is 0.0196. The molecular weight excluding hydrogens is 701 g/mol. The number of fused-ring (bicyclic) bond motifs is 6. The number of nitrogens with zero attached hydrogens (tertiary/aromatic N) is 4. The molecule has 0 aliphatic carbocycles. The van der Waals surface area contributed by atoms with Crippen molar-refractivity contribution in [3.05, 3.63) is 182 Å². The molecule has 0 atom stereocenters. The maximum Gasteiger partial charge on any atom is 0.164 e. The van der Waals surface area contributed by atoms with Crippen LogP contribution < -0.4 is 0 Å². The second-order valence-electron chi connectivity index (χ2n) is 14.0. The van der Waals surface area contributed by atoms with E-state index in [1.807, 2.05) is 85.1 Å². The number of benzene rings is 7. The van der Waals surface area contributed by atoms with Crippen molar-refractivity contribution in [3.8, 4) is 56.4 Å². The first kappa shape index (κ1) is 33.8. The maximum absolute atomic E-state index is 6.77. The largest absolute Gasteiger partial charge is 0.456 e. The van der Waals surface area contributed by atoms with Gasteiger partial charge in [0.1, 0.15) is 22.3 Å². The highest BCUT2D eigenvalue weighted by Crippen LogP contribution is 2.41. The lowest BCUT2D eigenvalue weighted by Gasteiger charge is -2.14. The summed E-state index contributed by atoms with van der Waals surface area (Å²) in [6.07, 6.45) is 5.19. The van der Waals surface area contributed by atoms with Crippen LogP contribution in [-0.2, 0) is 0 Å². The highest BCUT2D eigenvalue weighted by atomic mass is 16.3. The topological polar surface area (TPSA) is 77.3 Å². The van der Waals surface area contributed by atoms with Gasteiger partial charge in [0.25, 0.3) is 0 Å². The van der Waals surface area contributed by atoms with Gasteiger partial charge in [-0.2, -0.15) is 0 Å². The molecule has 0 bridgehead atoms. The molecule has 10 aromatic rings. The summed E-state index contributed by atoms with van der Waals surface area (Å²) in [5, 5.41) is 4.09. The van der Waals surface area contributed by atoms with Crippen LogP contribution >= 0.6 is 0 Å². The van der Waals surface area contributed by atoms with E-state index in [0.717, 1.165) is 94.0 Å². The van der Waals surface area contributed by atoms with E-state index in [0.29, 0.717) is 17.5 Å². The number of allylic oxidation sites excluding steroid dienone is 2. The molecule has 3 heterocycles. The van der Waals surface area contributed by atoms with Crippen molar-refractivity contribution in [2.24, 2.45) is 4.99 Å². The molecule has 0 unspecified atom stereocenters. The molecule has 0 saturated carbocycles. The van der Waals surface area contributed by atoms with Crippen LogP contribution in [0.4, 0.5) is 0 Å². The summed E-state index contributed by atoms with van der Waals surface area (Å²) in [4.78, 5) is 19.9. The molecule has 7 aromatic carbocycles. The molecule has 0 aliphatic rings. The van der Waals surface area contributed by atoms with E-state index in [4.69, 9.17) is 23.8 Å². The van der Waals surface area contributed by atoms with E-state index >= 15 is 0 Å². The third-order valence-electron chi connectivity index (χ3n) is 10.3. The van der Waals surface area contributed by atoms with Gasteiger partial charge in [-0.05, 0) is 71.1 Å². The summed E-state index contributed by atoms with van der Waals surface area (Å²) in [6, 6.07) is 53.6. The van der Waals surface area contributed by atoms with Crippen LogP contribution in [0.2, 0.25) is 0 Å². The molecule has 0 aliphatic heterocycles. The van der Waals surface area contributed by atoms with E-state index in [9.17, 15) is 0 Å². The summed E-state index contributed by atoms with van der Waals surface area (Å²) in [7, 11) is 0. The van der Waals surface area contributed by atoms with Gasteiger partial charge in [0.05, 0.1) is 0 Å². The third-order valence-corrected chi connectivity index (χ3v) is 10.3. The lowest BCUT2D eigenvalue weighted by molar-refractivity contribution is 0.664. The predicted octanol–water partition coefficient (Wildman–Crippen LogP) is 13.6. The van der Waals surface area contributed by atoms with Crippen LogP contribution in [0.25, 0.3) is 106 Å². The fourth-order valence-electron chi connectivity index (χ4n) is 7.56. The van der Waals surface area contributed by atoms with Crippen LogP contribution in [0.3, 0.4) is 0 Å². The lowest BCUT2D eigenvalue weighted by Crippen LogP contribution is -2.01. The molecule has 0 fully saturated rings. The number of furan rings is 2. The van der Waals surface area contributed by atoms with Crippen molar-refractivity contribution < 1.29 is 8.83 Å². The SMILES string of the molecule is C=CC=N/C=C(\C)c1cc(-c2nc(-c3ccccc3)nc(-c3ccccc3-c3ccccc3)n2)cc(-c2cccc3c2oc2cc4c(cc23)oc2ccccc24)c1. The van der Waals surface area contributed by atoms with Gasteiger partial charge in [0.15, 0.2) is 17.5 Å². The number of hydrogen-bond donors (Lipinski definition) is 0. The van der Waals surface area contributed by atoms with Crippen molar-refractivity contribution >= 4 is 55.7 Å². The van der Waals surface area contributed by atoms with Gasteiger partial charge in [-0.15, -0.1) is 0 Å². The van der Waals surface area contributed by atoms with Crippen molar-refractivity contribution in [3.63, 3.8) is 0 Å². The highest BCUT2D eigenvalue weighted by Gasteiger charge is 2.20. The lowest BCUT2D eigenvalue weighted by atomic mass is 9.95. The molecule has 0 amide bonds.